The summed E-state index contributed by atoms with van der Waals surface area (Å²) in [7, 11) is 0. The lowest BCUT2D eigenvalue weighted by Gasteiger charge is -2.12. The van der Waals surface area contributed by atoms with E-state index in [1.165, 1.54) is 6.07 Å². The van der Waals surface area contributed by atoms with Crippen LogP contribution < -0.4 is 4.74 Å². The largest absolute Gasteiger partial charge is 0.450 e. The van der Waals surface area contributed by atoms with E-state index in [4.69, 9.17) is 4.74 Å². The van der Waals surface area contributed by atoms with E-state index in [1.54, 1.807) is 31.2 Å². The van der Waals surface area contributed by atoms with E-state index in [0.29, 0.717) is 5.56 Å². The third-order valence-corrected chi connectivity index (χ3v) is 2.71. The molecule has 2 aromatic carbocycles. The Kier molecular flexibility index (Phi) is 3.95. The Morgan fingerprint density at radius 1 is 1.25 bits per heavy atom. The van der Waals surface area contributed by atoms with Gasteiger partial charge in [0.1, 0.15) is 11.6 Å². The first-order valence-corrected chi connectivity index (χ1v) is 5.88. The average Bonchev–Trinajstić information content (AvgIpc) is 2.41. The smallest absolute Gasteiger partial charge is 0.314 e. The molecule has 6 heteroatoms. The van der Waals surface area contributed by atoms with Gasteiger partial charge in [0, 0.05) is 5.56 Å². The highest BCUT2D eigenvalue weighted by molar-refractivity contribution is 5.49. The van der Waals surface area contributed by atoms with E-state index in [-0.39, 0.29) is 11.5 Å². The summed E-state index contributed by atoms with van der Waals surface area (Å²) in [4.78, 5) is 10.2. The van der Waals surface area contributed by atoms with Crippen LogP contribution in [0, 0.1) is 15.9 Å². The van der Waals surface area contributed by atoms with E-state index < -0.39 is 22.5 Å². The number of para-hydroxylation sites is 1. The topological polar surface area (TPSA) is 72.6 Å². The molecule has 0 aliphatic heterocycles. The zero-order valence-electron chi connectivity index (χ0n) is 10.6. The number of benzene rings is 2. The molecule has 0 aliphatic rings. The van der Waals surface area contributed by atoms with Gasteiger partial charge in [-0.1, -0.05) is 18.2 Å². The summed E-state index contributed by atoms with van der Waals surface area (Å²) < 4.78 is 18.5. The van der Waals surface area contributed by atoms with Crippen LogP contribution in [0.4, 0.5) is 10.1 Å². The molecule has 1 N–H and O–H groups in total. The summed E-state index contributed by atoms with van der Waals surface area (Å²) in [5, 5.41) is 20.5. The maximum Gasteiger partial charge on any atom is 0.314 e. The number of aliphatic hydroxyl groups excluding tert-OH is 1. The van der Waals surface area contributed by atoms with Crippen molar-refractivity contribution in [2.45, 2.75) is 13.0 Å². The lowest BCUT2D eigenvalue weighted by atomic mass is 10.1. The summed E-state index contributed by atoms with van der Waals surface area (Å²) in [5.74, 6) is -0.505. The van der Waals surface area contributed by atoms with Gasteiger partial charge >= 0.3 is 5.69 Å². The van der Waals surface area contributed by atoms with Crippen molar-refractivity contribution in [3.05, 3.63) is 64.0 Å². The minimum Gasteiger partial charge on any atom is -0.450 e. The minimum absolute atomic E-state index is 0.0792. The Balaban J connectivity index is 2.43. The molecule has 0 aromatic heterocycles. The number of aliphatic hydroxyl groups is 1. The first-order valence-electron chi connectivity index (χ1n) is 5.88. The van der Waals surface area contributed by atoms with Crippen molar-refractivity contribution in [2.24, 2.45) is 0 Å². The summed E-state index contributed by atoms with van der Waals surface area (Å²) in [6, 6.07) is 9.68. The second-order valence-electron chi connectivity index (χ2n) is 4.19. The molecule has 0 heterocycles. The molecule has 2 rings (SSSR count). The summed E-state index contributed by atoms with van der Waals surface area (Å²) in [5.41, 5.74) is 0.0246. The van der Waals surface area contributed by atoms with E-state index in [9.17, 15) is 19.6 Å². The molecule has 2 aromatic rings. The molecule has 1 atom stereocenters. The van der Waals surface area contributed by atoms with Crippen molar-refractivity contribution in [3.8, 4) is 11.5 Å². The molecule has 0 fully saturated rings. The molecule has 0 bridgehead atoms. The Bertz CT molecular complexity index is 643. The Morgan fingerprint density at radius 3 is 2.60 bits per heavy atom. The first kappa shape index (κ1) is 14.0. The van der Waals surface area contributed by atoms with Crippen LogP contribution in [0.2, 0.25) is 0 Å². The molecule has 0 aliphatic carbocycles. The van der Waals surface area contributed by atoms with Crippen LogP contribution in [0.3, 0.4) is 0 Å². The monoisotopic (exact) mass is 277 g/mol. The minimum atomic E-state index is -0.786. The van der Waals surface area contributed by atoms with Gasteiger partial charge in [-0.15, -0.1) is 0 Å². The quantitative estimate of drug-likeness (QED) is 0.684. The Morgan fingerprint density at radius 2 is 1.95 bits per heavy atom. The zero-order valence-corrected chi connectivity index (χ0v) is 10.6. The molecule has 20 heavy (non-hydrogen) atoms. The highest BCUT2D eigenvalue weighted by Gasteiger charge is 2.18. The fraction of sp³-hybridized carbons (Fsp3) is 0.143. The van der Waals surface area contributed by atoms with Crippen LogP contribution in [0.1, 0.15) is 18.6 Å². The van der Waals surface area contributed by atoms with Crippen molar-refractivity contribution in [1.29, 1.82) is 0 Å². The number of nitro benzene ring substituents is 1. The summed E-state index contributed by atoms with van der Waals surface area (Å²) in [6.07, 6.45) is -0.786. The van der Waals surface area contributed by atoms with Crippen LogP contribution in [0.25, 0.3) is 0 Å². The summed E-state index contributed by atoms with van der Waals surface area (Å²) in [6.45, 7) is 1.56. The maximum absolute atomic E-state index is 13.1. The SMILES string of the molecule is C[C@@H](O)c1ccccc1Oc1ccc(F)cc1[N+](=O)[O-]. The lowest BCUT2D eigenvalue weighted by molar-refractivity contribution is -0.385. The van der Waals surface area contributed by atoms with Crippen LogP contribution >= 0.6 is 0 Å². The van der Waals surface area contributed by atoms with Gasteiger partial charge in [0.2, 0.25) is 5.75 Å². The van der Waals surface area contributed by atoms with Gasteiger partial charge in [-0.05, 0) is 25.1 Å². The van der Waals surface area contributed by atoms with Gasteiger partial charge in [-0.3, -0.25) is 10.1 Å². The van der Waals surface area contributed by atoms with E-state index >= 15 is 0 Å². The number of nitrogens with zero attached hydrogens (tertiary/aromatic N) is 1. The molecule has 0 spiro atoms. The number of ether oxygens (including phenoxy) is 1. The van der Waals surface area contributed by atoms with Crippen LogP contribution in [0.15, 0.2) is 42.5 Å². The molecule has 0 radical (unpaired) electrons. The predicted octanol–water partition coefficient (Wildman–Crippen LogP) is 3.58. The number of hydrogen-bond acceptors (Lipinski definition) is 4. The second kappa shape index (κ2) is 5.66. The van der Waals surface area contributed by atoms with E-state index in [1.807, 2.05) is 0 Å². The number of hydrogen-bond donors (Lipinski definition) is 1. The molecule has 0 saturated carbocycles. The van der Waals surface area contributed by atoms with Gasteiger partial charge in [-0.2, -0.15) is 0 Å². The maximum atomic E-state index is 13.1. The number of rotatable bonds is 4. The molecule has 5 nitrogen and oxygen atoms in total. The third-order valence-electron chi connectivity index (χ3n) is 2.71. The van der Waals surface area contributed by atoms with Crippen LogP contribution in [-0.4, -0.2) is 10.0 Å². The molecule has 0 unspecified atom stereocenters. The normalized spacial score (nSPS) is 11.9. The van der Waals surface area contributed by atoms with Crippen molar-refractivity contribution in [3.63, 3.8) is 0 Å². The van der Waals surface area contributed by atoms with Crippen LogP contribution in [-0.2, 0) is 0 Å². The fourth-order valence-electron chi connectivity index (χ4n) is 1.76. The Labute approximate surface area is 114 Å². The lowest BCUT2D eigenvalue weighted by Crippen LogP contribution is -1.98. The van der Waals surface area contributed by atoms with E-state index in [2.05, 4.69) is 0 Å². The Hall–Kier alpha value is -2.47. The number of halogens is 1. The third kappa shape index (κ3) is 2.92. The fourth-order valence-corrected chi connectivity index (χ4v) is 1.76. The van der Waals surface area contributed by atoms with Gasteiger partial charge in [0.25, 0.3) is 0 Å². The van der Waals surface area contributed by atoms with Crippen molar-refractivity contribution in [2.75, 3.05) is 0 Å². The van der Waals surface area contributed by atoms with E-state index in [0.717, 1.165) is 12.1 Å². The molecule has 0 amide bonds. The van der Waals surface area contributed by atoms with Gasteiger partial charge in [0.05, 0.1) is 17.1 Å². The number of nitro groups is 1. The molecule has 0 saturated heterocycles. The first-order chi connectivity index (χ1) is 9.49. The average molecular weight is 277 g/mol. The molecule has 104 valence electrons. The highest BCUT2D eigenvalue weighted by atomic mass is 19.1. The summed E-state index contributed by atoms with van der Waals surface area (Å²) >= 11 is 0. The van der Waals surface area contributed by atoms with Crippen molar-refractivity contribution < 1.29 is 19.2 Å². The van der Waals surface area contributed by atoms with Crippen LogP contribution in [0.5, 0.6) is 11.5 Å². The standard InChI is InChI=1S/C14H12FNO4/c1-9(17)11-4-2-3-5-13(11)20-14-7-6-10(15)8-12(14)16(18)19/h2-9,17H,1H3/t9-/m1/s1. The van der Waals surface area contributed by atoms with Gasteiger partial charge in [-0.25, -0.2) is 4.39 Å². The zero-order chi connectivity index (χ0) is 14.7. The molecular weight excluding hydrogens is 265 g/mol. The second-order valence-corrected chi connectivity index (χ2v) is 4.19. The van der Waals surface area contributed by atoms with Gasteiger partial charge in [0.15, 0.2) is 0 Å². The highest BCUT2D eigenvalue weighted by Crippen LogP contribution is 2.35. The van der Waals surface area contributed by atoms with Crippen molar-refractivity contribution >= 4 is 5.69 Å². The molecular formula is C14H12FNO4. The predicted molar refractivity (Wildman–Crippen MR) is 70.2 cm³/mol. The van der Waals surface area contributed by atoms with Crippen molar-refractivity contribution in [1.82, 2.24) is 0 Å². The van der Waals surface area contributed by atoms with Gasteiger partial charge < -0.3 is 9.84 Å².